The third kappa shape index (κ3) is 2.27. The molecule has 1 aliphatic heterocycles. The second kappa shape index (κ2) is 4.16. The van der Waals surface area contributed by atoms with Gasteiger partial charge in [-0.3, -0.25) is 10.1 Å². The first-order valence-corrected chi connectivity index (χ1v) is 5.38. The Kier molecular flexibility index (Phi) is 2.83. The molecule has 1 unspecified atom stereocenters. The molecule has 3 amide bonds. The molecule has 90 valence electrons. The summed E-state index contributed by atoms with van der Waals surface area (Å²) in [7, 11) is 0. The van der Waals surface area contributed by atoms with E-state index < -0.39 is 11.6 Å². The maximum atomic E-state index is 13.4. The molecule has 2 rings (SSSR count). The minimum Gasteiger partial charge on any atom is -0.324 e. The highest BCUT2D eigenvalue weighted by atomic mass is 19.1. The molecule has 0 saturated carbocycles. The number of hydrogen-bond donors (Lipinski definition) is 2. The molecular formula is C12H13FN2O2. The standard InChI is InChI=1S/C12H13FN2O2/c1-12(10(16)14-11(17)15-12)7-6-8-4-2-3-5-9(8)13/h2-5H,6-7H2,1H3,(H2,14,15,16,17). The Morgan fingerprint density at radius 1 is 1.29 bits per heavy atom. The van der Waals surface area contributed by atoms with E-state index in [1.54, 1.807) is 25.1 Å². The van der Waals surface area contributed by atoms with Gasteiger partial charge >= 0.3 is 6.03 Å². The third-order valence-electron chi connectivity index (χ3n) is 2.97. The topological polar surface area (TPSA) is 58.2 Å². The number of nitrogens with one attached hydrogen (secondary N) is 2. The van der Waals surface area contributed by atoms with Crippen molar-refractivity contribution in [2.75, 3.05) is 0 Å². The molecule has 1 fully saturated rings. The summed E-state index contributed by atoms with van der Waals surface area (Å²) < 4.78 is 13.4. The number of aryl methyl sites for hydroxylation is 1. The van der Waals surface area contributed by atoms with Crippen LogP contribution < -0.4 is 10.6 Å². The number of urea groups is 1. The van der Waals surface area contributed by atoms with E-state index in [1.165, 1.54) is 6.07 Å². The molecule has 1 atom stereocenters. The highest BCUT2D eigenvalue weighted by molar-refractivity contribution is 6.06. The molecule has 1 aromatic carbocycles. The zero-order valence-electron chi connectivity index (χ0n) is 9.42. The Hall–Kier alpha value is -1.91. The number of carbonyl (C=O) groups excluding carboxylic acids is 2. The number of rotatable bonds is 3. The molecule has 0 aromatic heterocycles. The van der Waals surface area contributed by atoms with Crippen molar-refractivity contribution in [3.05, 3.63) is 35.6 Å². The lowest BCUT2D eigenvalue weighted by Crippen LogP contribution is -2.44. The summed E-state index contributed by atoms with van der Waals surface area (Å²) in [5, 5.41) is 4.72. The van der Waals surface area contributed by atoms with Crippen LogP contribution in [0.25, 0.3) is 0 Å². The molecule has 0 bridgehead atoms. The van der Waals surface area contributed by atoms with Crippen LogP contribution in [0, 0.1) is 5.82 Å². The lowest BCUT2D eigenvalue weighted by Gasteiger charge is -2.20. The van der Waals surface area contributed by atoms with E-state index in [0.717, 1.165) is 0 Å². The Morgan fingerprint density at radius 3 is 2.59 bits per heavy atom. The maximum absolute atomic E-state index is 13.4. The van der Waals surface area contributed by atoms with E-state index >= 15 is 0 Å². The third-order valence-corrected chi connectivity index (χ3v) is 2.97. The predicted octanol–water partition coefficient (Wildman–Crippen LogP) is 1.36. The van der Waals surface area contributed by atoms with Gasteiger partial charge in [-0.05, 0) is 31.4 Å². The van der Waals surface area contributed by atoms with Crippen molar-refractivity contribution in [3.8, 4) is 0 Å². The Labute approximate surface area is 98.2 Å². The number of halogens is 1. The van der Waals surface area contributed by atoms with Gasteiger partial charge in [0, 0.05) is 0 Å². The summed E-state index contributed by atoms with van der Waals surface area (Å²) in [6, 6.07) is 5.92. The van der Waals surface area contributed by atoms with Crippen molar-refractivity contribution in [1.82, 2.24) is 10.6 Å². The zero-order chi connectivity index (χ0) is 12.5. The molecule has 17 heavy (non-hydrogen) atoms. The van der Waals surface area contributed by atoms with Crippen LogP contribution in [-0.2, 0) is 11.2 Å². The van der Waals surface area contributed by atoms with Crippen molar-refractivity contribution >= 4 is 11.9 Å². The van der Waals surface area contributed by atoms with E-state index in [0.29, 0.717) is 18.4 Å². The highest BCUT2D eigenvalue weighted by Gasteiger charge is 2.41. The second-order valence-electron chi connectivity index (χ2n) is 4.33. The quantitative estimate of drug-likeness (QED) is 0.778. The van der Waals surface area contributed by atoms with Crippen molar-refractivity contribution in [2.24, 2.45) is 0 Å². The summed E-state index contributed by atoms with van der Waals surface area (Å²) in [5.74, 6) is -0.653. The van der Waals surface area contributed by atoms with Gasteiger partial charge in [-0.2, -0.15) is 0 Å². The predicted molar refractivity (Wildman–Crippen MR) is 59.8 cm³/mol. The van der Waals surface area contributed by atoms with Crippen LogP contribution >= 0.6 is 0 Å². The number of hydrogen-bond acceptors (Lipinski definition) is 2. The number of amides is 3. The normalized spacial score (nSPS) is 23.4. The molecule has 4 nitrogen and oxygen atoms in total. The molecule has 2 N–H and O–H groups in total. The van der Waals surface area contributed by atoms with Crippen LogP contribution in [0.3, 0.4) is 0 Å². The SMILES string of the molecule is CC1(CCc2ccccc2F)NC(=O)NC1=O. The monoisotopic (exact) mass is 236 g/mol. The van der Waals surface area contributed by atoms with Gasteiger partial charge in [0.25, 0.3) is 5.91 Å². The van der Waals surface area contributed by atoms with Crippen molar-refractivity contribution in [3.63, 3.8) is 0 Å². The van der Waals surface area contributed by atoms with Gasteiger partial charge in [0.05, 0.1) is 0 Å². The summed E-state index contributed by atoms with van der Waals surface area (Å²) in [4.78, 5) is 22.6. The van der Waals surface area contributed by atoms with E-state index in [-0.39, 0.29) is 11.7 Å². The van der Waals surface area contributed by atoms with Gasteiger partial charge in [0.1, 0.15) is 11.4 Å². The lowest BCUT2D eigenvalue weighted by molar-refractivity contribution is -0.123. The largest absolute Gasteiger partial charge is 0.324 e. The molecule has 1 aromatic rings. The maximum Gasteiger partial charge on any atom is 0.322 e. The van der Waals surface area contributed by atoms with Crippen LogP contribution in [0.4, 0.5) is 9.18 Å². The smallest absolute Gasteiger partial charge is 0.322 e. The van der Waals surface area contributed by atoms with Crippen molar-refractivity contribution < 1.29 is 14.0 Å². The van der Waals surface area contributed by atoms with E-state index in [1.807, 2.05) is 0 Å². The molecule has 0 radical (unpaired) electrons. The van der Waals surface area contributed by atoms with E-state index in [4.69, 9.17) is 0 Å². The Bertz CT molecular complexity index is 475. The summed E-state index contributed by atoms with van der Waals surface area (Å²) in [5.41, 5.74) is -0.401. The van der Waals surface area contributed by atoms with Crippen LogP contribution in [-0.4, -0.2) is 17.5 Å². The summed E-state index contributed by atoms with van der Waals surface area (Å²) in [6.45, 7) is 1.63. The molecule has 5 heteroatoms. The fourth-order valence-electron chi connectivity index (χ4n) is 1.84. The van der Waals surface area contributed by atoms with Crippen LogP contribution in [0.5, 0.6) is 0 Å². The number of imide groups is 1. The van der Waals surface area contributed by atoms with Crippen LogP contribution in [0.1, 0.15) is 18.9 Å². The molecule has 0 spiro atoms. The average molecular weight is 236 g/mol. The first kappa shape index (κ1) is 11.6. The first-order valence-electron chi connectivity index (χ1n) is 5.38. The molecular weight excluding hydrogens is 223 g/mol. The van der Waals surface area contributed by atoms with E-state index in [2.05, 4.69) is 10.6 Å². The van der Waals surface area contributed by atoms with Gasteiger partial charge in [0.15, 0.2) is 0 Å². The van der Waals surface area contributed by atoms with Crippen LogP contribution in [0.2, 0.25) is 0 Å². The van der Waals surface area contributed by atoms with Crippen molar-refractivity contribution in [1.29, 1.82) is 0 Å². The minimum absolute atomic E-state index is 0.291. The first-order chi connectivity index (χ1) is 8.01. The van der Waals surface area contributed by atoms with Gasteiger partial charge in [0.2, 0.25) is 0 Å². The van der Waals surface area contributed by atoms with Gasteiger partial charge in [-0.15, -0.1) is 0 Å². The molecule has 1 aliphatic rings. The molecule has 0 aliphatic carbocycles. The highest BCUT2D eigenvalue weighted by Crippen LogP contribution is 2.19. The zero-order valence-corrected chi connectivity index (χ0v) is 9.42. The fourth-order valence-corrected chi connectivity index (χ4v) is 1.84. The lowest BCUT2D eigenvalue weighted by atomic mass is 9.93. The number of benzene rings is 1. The Morgan fingerprint density at radius 2 is 2.00 bits per heavy atom. The van der Waals surface area contributed by atoms with Gasteiger partial charge in [-0.25, -0.2) is 9.18 Å². The summed E-state index contributed by atoms with van der Waals surface area (Å²) in [6.07, 6.45) is 0.766. The fraction of sp³-hybridized carbons (Fsp3) is 0.333. The van der Waals surface area contributed by atoms with E-state index in [9.17, 15) is 14.0 Å². The second-order valence-corrected chi connectivity index (χ2v) is 4.33. The van der Waals surface area contributed by atoms with Crippen LogP contribution in [0.15, 0.2) is 24.3 Å². The van der Waals surface area contributed by atoms with Gasteiger partial charge in [-0.1, -0.05) is 18.2 Å². The van der Waals surface area contributed by atoms with Crippen molar-refractivity contribution in [2.45, 2.75) is 25.3 Å². The molecule has 1 heterocycles. The number of carbonyl (C=O) groups is 2. The summed E-state index contributed by atoms with van der Waals surface area (Å²) >= 11 is 0. The molecule has 1 saturated heterocycles. The minimum atomic E-state index is -0.945. The van der Waals surface area contributed by atoms with Gasteiger partial charge < -0.3 is 5.32 Å². The average Bonchev–Trinajstić information content (AvgIpc) is 2.52. The Balaban J connectivity index is 2.06.